The van der Waals surface area contributed by atoms with E-state index >= 15 is 0 Å². The number of aliphatic carboxylic acids is 1. The number of hydrogen-bond acceptors (Lipinski definition) is 2. The largest absolute Gasteiger partial charge is 0.481 e. The van der Waals surface area contributed by atoms with E-state index in [2.05, 4.69) is 6.92 Å². The van der Waals surface area contributed by atoms with Crippen LogP contribution in [-0.4, -0.2) is 24.3 Å². The molecule has 0 amide bonds. The van der Waals surface area contributed by atoms with Crippen molar-refractivity contribution in [3.63, 3.8) is 0 Å². The Morgan fingerprint density at radius 1 is 1.43 bits per heavy atom. The number of carboxylic acid groups (broad SMARTS) is 1. The van der Waals surface area contributed by atoms with Gasteiger partial charge in [0, 0.05) is 13.2 Å². The van der Waals surface area contributed by atoms with Crippen LogP contribution in [0.5, 0.6) is 0 Å². The number of hydrogen-bond donors (Lipinski definition) is 1. The first-order valence-corrected chi connectivity index (χ1v) is 5.27. The third-order valence-corrected chi connectivity index (χ3v) is 3.94. The van der Waals surface area contributed by atoms with Crippen molar-refractivity contribution in [3.05, 3.63) is 0 Å². The highest BCUT2D eigenvalue weighted by Crippen LogP contribution is 2.48. The highest BCUT2D eigenvalue weighted by atomic mass is 16.5. The highest BCUT2D eigenvalue weighted by Gasteiger charge is 2.50. The standard InChI is InChI=1S/C11H20O3/c1-4-10(2,3)11(9(12)13)5-7-14-8-6-11/h4-8H2,1-3H3,(H,12,13). The van der Waals surface area contributed by atoms with Crippen LogP contribution in [0.15, 0.2) is 0 Å². The minimum Gasteiger partial charge on any atom is -0.481 e. The van der Waals surface area contributed by atoms with E-state index in [0.29, 0.717) is 26.1 Å². The van der Waals surface area contributed by atoms with E-state index < -0.39 is 11.4 Å². The average Bonchev–Trinajstić information content (AvgIpc) is 2.18. The fourth-order valence-corrected chi connectivity index (χ4v) is 2.24. The molecule has 1 saturated heterocycles. The lowest BCUT2D eigenvalue weighted by Crippen LogP contribution is -2.48. The molecule has 0 radical (unpaired) electrons. The van der Waals surface area contributed by atoms with Crippen molar-refractivity contribution in [1.29, 1.82) is 0 Å². The monoisotopic (exact) mass is 200 g/mol. The maximum atomic E-state index is 11.4. The Hall–Kier alpha value is -0.570. The molecule has 0 spiro atoms. The van der Waals surface area contributed by atoms with Crippen LogP contribution in [0, 0.1) is 10.8 Å². The fourth-order valence-electron chi connectivity index (χ4n) is 2.24. The van der Waals surface area contributed by atoms with Gasteiger partial charge in [0.2, 0.25) is 0 Å². The lowest BCUT2D eigenvalue weighted by atomic mass is 9.60. The zero-order chi connectivity index (χ0) is 10.8. The molecule has 1 heterocycles. The average molecular weight is 200 g/mol. The summed E-state index contributed by atoms with van der Waals surface area (Å²) >= 11 is 0. The van der Waals surface area contributed by atoms with Gasteiger partial charge >= 0.3 is 5.97 Å². The molecule has 3 nitrogen and oxygen atoms in total. The molecule has 1 N–H and O–H groups in total. The lowest BCUT2D eigenvalue weighted by molar-refractivity contribution is -0.167. The summed E-state index contributed by atoms with van der Waals surface area (Å²) in [4.78, 5) is 11.4. The van der Waals surface area contributed by atoms with E-state index in [1.807, 2.05) is 13.8 Å². The topological polar surface area (TPSA) is 46.5 Å². The zero-order valence-electron chi connectivity index (χ0n) is 9.30. The second-order valence-electron chi connectivity index (χ2n) is 4.74. The van der Waals surface area contributed by atoms with Crippen molar-refractivity contribution < 1.29 is 14.6 Å². The van der Waals surface area contributed by atoms with Gasteiger partial charge in [-0.2, -0.15) is 0 Å². The van der Waals surface area contributed by atoms with Gasteiger partial charge in [-0.05, 0) is 24.7 Å². The predicted octanol–water partition coefficient (Wildman–Crippen LogP) is 2.30. The molecule has 1 aliphatic rings. The summed E-state index contributed by atoms with van der Waals surface area (Å²) in [5.41, 5.74) is -0.734. The van der Waals surface area contributed by atoms with E-state index in [0.717, 1.165) is 6.42 Å². The van der Waals surface area contributed by atoms with Gasteiger partial charge in [-0.3, -0.25) is 4.79 Å². The third kappa shape index (κ3) is 1.65. The van der Waals surface area contributed by atoms with Gasteiger partial charge < -0.3 is 9.84 Å². The quantitative estimate of drug-likeness (QED) is 0.760. The minimum absolute atomic E-state index is 0.150. The van der Waals surface area contributed by atoms with Crippen LogP contribution >= 0.6 is 0 Å². The maximum absolute atomic E-state index is 11.4. The molecule has 3 heteroatoms. The van der Waals surface area contributed by atoms with Crippen LogP contribution in [0.2, 0.25) is 0 Å². The first kappa shape index (κ1) is 11.5. The fraction of sp³-hybridized carbons (Fsp3) is 0.909. The van der Waals surface area contributed by atoms with Crippen LogP contribution in [0.3, 0.4) is 0 Å². The predicted molar refractivity (Wildman–Crippen MR) is 54.2 cm³/mol. The molecule has 1 fully saturated rings. The van der Waals surface area contributed by atoms with Gasteiger partial charge in [-0.1, -0.05) is 20.8 Å². The maximum Gasteiger partial charge on any atom is 0.310 e. The van der Waals surface area contributed by atoms with E-state index in [1.54, 1.807) is 0 Å². The van der Waals surface area contributed by atoms with Crippen molar-refractivity contribution in [1.82, 2.24) is 0 Å². The van der Waals surface area contributed by atoms with Gasteiger partial charge in [0.05, 0.1) is 5.41 Å². The highest BCUT2D eigenvalue weighted by molar-refractivity contribution is 5.75. The third-order valence-electron chi connectivity index (χ3n) is 3.94. The first-order chi connectivity index (χ1) is 6.46. The Morgan fingerprint density at radius 2 is 1.93 bits per heavy atom. The van der Waals surface area contributed by atoms with E-state index in [9.17, 15) is 9.90 Å². The van der Waals surface area contributed by atoms with Crippen molar-refractivity contribution in [2.75, 3.05) is 13.2 Å². The van der Waals surface area contributed by atoms with Crippen LogP contribution in [-0.2, 0) is 9.53 Å². The Kier molecular flexibility index (Phi) is 3.20. The summed E-state index contributed by atoms with van der Waals surface area (Å²) in [7, 11) is 0. The molecule has 1 aliphatic heterocycles. The number of ether oxygens (including phenoxy) is 1. The van der Waals surface area contributed by atoms with E-state index in [-0.39, 0.29) is 5.41 Å². The zero-order valence-corrected chi connectivity index (χ0v) is 9.30. The number of carbonyl (C=O) groups is 1. The van der Waals surface area contributed by atoms with Crippen LogP contribution < -0.4 is 0 Å². The molecule has 1 rings (SSSR count). The van der Waals surface area contributed by atoms with Crippen LogP contribution in [0.25, 0.3) is 0 Å². The van der Waals surface area contributed by atoms with Crippen molar-refractivity contribution in [2.45, 2.75) is 40.0 Å². The lowest BCUT2D eigenvalue weighted by Gasteiger charge is -2.45. The van der Waals surface area contributed by atoms with Crippen molar-refractivity contribution in [3.8, 4) is 0 Å². The molecule has 0 saturated carbocycles. The molecule has 0 unspecified atom stereocenters. The molecule has 0 aromatic carbocycles. The summed E-state index contributed by atoms with van der Waals surface area (Å²) in [6.45, 7) is 7.31. The molecule has 0 aromatic heterocycles. The number of carboxylic acids is 1. The van der Waals surface area contributed by atoms with Gasteiger partial charge in [0.15, 0.2) is 0 Å². The molecular formula is C11H20O3. The van der Waals surface area contributed by atoms with Crippen LogP contribution in [0.1, 0.15) is 40.0 Å². The Labute approximate surface area is 85.5 Å². The molecular weight excluding hydrogens is 180 g/mol. The molecule has 0 atom stereocenters. The second kappa shape index (κ2) is 3.89. The van der Waals surface area contributed by atoms with Crippen LogP contribution in [0.4, 0.5) is 0 Å². The summed E-state index contributed by atoms with van der Waals surface area (Å²) in [6, 6.07) is 0. The molecule has 14 heavy (non-hydrogen) atoms. The van der Waals surface area contributed by atoms with Gasteiger partial charge in [0.25, 0.3) is 0 Å². The van der Waals surface area contributed by atoms with E-state index in [1.165, 1.54) is 0 Å². The first-order valence-electron chi connectivity index (χ1n) is 5.27. The van der Waals surface area contributed by atoms with Gasteiger partial charge in [-0.25, -0.2) is 0 Å². The molecule has 0 bridgehead atoms. The van der Waals surface area contributed by atoms with Crippen molar-refractivity contribution in [2.24, 2.45) is 10.8 Å². The Morgan fingerprint density at radius 3 is 2.29 bits per heavy atom. The Balaban J connectivity index is 2.97. The van der Waals surface area contributed by atoms with Gasteiger partial charge in [-0.15, -0.1) is 0 Å². The van der Waals surface area contributed by atoms with E-state index in [4.69, 9.17) is 4.74 Å². The summed E-state index contributed by atoms with van der Waals surface area (Å²) < 4.78 is 5.25. The summed E-state index contributed by atoms with van der Waals surface area (Å²) in [5, 5.41) is 9.40. The summed E-state index contributed by atoms with van der Waals surface area (Å²) in [5.74, 6) is -0.660. The molecule has 0 aliphatic carbocycles. The normalized spacial score (nSPS) is 21.9. The SMILES string of the molecule is CCC(C)(C)C1(C(=O)O)CCOCC1. The summed E-state index contributed by atoms with van der Waals surface area (Å²) in [6.07, 6.45) is 2.17. The number of rotatable bonds is 3. The van der Waals surface area contributed by atoms with Gasteiger partial charge in [0.1, 0.15) is 0 Å². The second-order valence-corrected chi connectivity index (χ2v) is 4.74. The molecule has 82 valence electrons. The molecule has 0 aromatic rings. The smallest absolute Gasteiger partial charge is 0.310 e. The van der Waals surface area contributed by atoms with Crippen molar-refractivity contribution >= 4 is 5.97 Å². The Bertz CT molecular complexity index is 215. The minimum atomic E-state index is -0.660.